The van der Waals surface area contributed by atoms with Crippen LogP contribution < -0.4 is 0 Å². The Morgan fingerprint density at radius 1 is 1.16 bits per heavy atom. The Bertz CT molecular complexity index is 289. The molecule has 0 spiro atoms. The summed E-state index contributed by atoms with van der Waals surface area (Å²) in [5.74, 6) is 1.30. The van der Waals surface area contributed by atoms with E-state index in [-0.39, 0.29) is 6.10 Å². The van der Waals surface area contributed by atoms with Crippen LogP contribution in [0.15, 0.2) is 0 Å². The van der Waals surface area contributed by atoms with Crippen LogP contribution >= 0.6 is 0 Å². The molecule has 2 saturated carbocycles. The SMILES string of the molecule is CC1CCCCC1N(C)CC1CC(C)(C)CCC1O. The van der Waals surface area contributed by atoms with E-state index >= 15 is 0 Å². The third-order valence-corrected chi connectivity index (χ3v) is 5.63. The van der Waals surface area contributed by atoms with Gasteiger partial charge in [-0.25, -0.2) is 0 Å². The highest BCUT2D eigenvalue weighted by Gasteiger charge is 2.36. The van der Waals surface area contributed by atoms with Crippen molar-refractivity contribution in [3.8, 4) is 0 Å². The molecule has 0 radical (unpaired) electrons. The Morgan fingerprint density at radius 2 is 1.84 bits per heavy atom. The van der Waals surface area contributed by atoms with Crippen molar-refractivity contribution in [1.29, 1.82) is 0 Å². The number of hydrogen-bond acceptors (Lipinski definition) is 2. The molecule has 2 heteroatoms. The summed E-state index contributed by atoms with van der Waals surface area (Å²) in [5, 5.41) is 10.3. The molecule has 0 aromatic rings. The van der Waals surface area contributed by atoms with Crippen LogP contribution in [0.25, 0.3) is 0 Å². The van der Waals surface area contributed by atoms with Crippen molar-refractivity contribution in [2.45, 2.75) is 77.9 Å². The predicted molar refractivity (Wildman–Crippen MR) is 81.2 cm³/mol. The Hall–Kier alpha value is -0.0800. The zero-order valence-corrected chi connectivity index (χ0v) is 13.4. The van der Waals surface area contributed by atoms with Crippen molar-refractivity contribution >= 4 is 0 Å². The molecule has 0 saturated heterocycles. The highest BCUT2D eigenvalue weighted by atomic mass is 16.3. The van der Waals surface area contributed by atoms with Crippen molar-refractivity contribution in [2.24, 2.45) is 17.3 Å². The first-order valence-electron chi connectivity index (χ1n) is 8.27. The van der Waals surface area contributed by atoms with Crippen LogP contribution in [0.2, 0.25) is 0 Å². The summed E-state index contributed by atoms with van der Waals surface area (Å²) in [6.07, 6.45) is 8.80. The largest absolute Gasteiger partial charge is 0.393 e. The molecule has 0 aliphatic heterocycles. The Kier molecular flexibility index (Phi) is 4.94. The van der Waals surface area contributed by atoms with Gasteiger partial charge >= 0.3 is 0 Å². The third kappa shape index (κ3) is 3.95. The van der Waals surface area contributed by atoms with Crippen molar-refractivity contribution in [3.63, 3.8) is 0 Å². The number of hydrogen-bond donors (Lipinski definition) is 1. The van der Waals surface area contributed by atoms with E-state index in [1.165, 1.54) is 38.5 Å². The smallest absolute Gasteiger partial charge is 0.0581 e. The van der Waals surface area contributed by atoms with Gasteiger partial charge in [0.05, 0.1) is 6.10 Å². The first-order valence-corrected chi connectivity index (χ1v) is 8.27. The second-order valence-corrected chi connectivity index (χ2v) is 8.00. The van der Waals surface area contributed by atoms with E-state index in [0.717, 1.165) is 24.9 Å². The van der Waals surface area contributed by atoms with E-state index in [4.69, 9.17) is 0 Å². The van der Waals surface area contributed by atoms with Gasteiger partial charge in [-0.3, -0.25) is 0 Å². The van der Waals surface area contributed by atoms with Crippen molar-refractivity contribution in [1.82, 2.24) is 4.90 Å². The lowest BCUT2D eigenvalue weighted by molar-refractivity contribution is -0.00493. The zero-order valence-electron chi connectivity index (χ0n) is 13.4. The molecule has 2 rings (SSSR count). The van der Waals surface area contributed by atoms with Gasteiger partial charge in [0.25, 0.3) is 0 Å². The number of rotatable bonds is 3. The van der Waals surface area contributed by atoms with Crippen LogP contribution in [0.5, 0.6) is 0 Å². The molecule has 0 heterocycles. The average molecular weight is 267 g/mol. The van der Waals surface area contributed by atoms with Gasteiger partial charge in [-0.05, 0) is 56.4 Å². The first-order chi connectivity index (χ1) is 8.89. The molecular formula is C17H33NO. The highest BCUT2D eigenvalue weighted by Crippen LogP contribution is 2.39. The van der Waals surface area contributed by atoms with Gasteiger partial charge in [-0.2, -0.15) is 0 Å². The Labute approximate surface area is 119 Å². The molecule has 2 aliphatic rings. The first kappa shape index (κ1) is 15.3. The van der Waals surface area contributed by atoms with Crippen LogP contribution in [0.4, 0.5) is 0 Å². The summed E-state index contributed by atoms with van der Waals surface area (Å²) in [7, 11) is 2.28. The Balaban J connectivity index is 1.91. The fraction of sp³-hybridized carbons (Fsp3) is 1.00. The number of nitrogens with zero attached hydrogens (tertiary/aromatic N) is 1. The molecule has 2 aliphatic carbocycles. The molecular weight excluding hydrogens is 234 g/mol. The molecule has 2 nitrogen and oxygen atoms in total. The second kappa shape index (κ2) is 6.13. The van der Waals surface area contributed by atoms with E-state index in [9.17, 15) is 5.11 Å². The van der Waals surface area contributed by atoms with Crippen molar-refractivity contribution in [3.05, 3.63) is 0 Å². The summed E-state index contributed by atoms with van der Waals surface area (Å²) >= 11 is 0. The van der Waals surface area contributed by atoms with Crippen LogP contribution in [0.3, 0.4) is 0 Å². The number of aliphatic hydroxyl groups excluding tert-OH is 1. The normalized spacial score (nSPS) is 39.5. The molecule has 112 valence electrons. The minimum Gasteiger partial charge on any atom is -0.393 e. The average Bonchev–Trinajstić information content (AvgIpc) is 2.34. The van der Waals surface area contributed by atoms with Crippen molar-refractivity contribution < 1.29 is 5.11 Å². The summed E-state index contributed by atoms with van der Waals surface area (Å²) in [4.78, 5) is 2.55. The monoisotopic (exact) mass is 267 g/mol. The molecule has 1 N–H and O–H groups in total. The van der Waals surface area contributed by atoms with E-state index in [1.54, 1.807) is 0 Å². The molecule has 0 aromatic heterocycles. The third-order valence-electron chi connectivity index (χ3n) is 5.63. The highest BCUT2D eigenvalue weighted by molar-refractivity contribution is 4.88. The summed E-state index contributed by atoms with van der Waals surface area (Å²) < 4.78 is 0. The van der Waals surface area contributed by atoms with Crippen LogP contribution in [0.1, 0.15) is 65.7 Å². The van der Waals surface area contributed by atoms with E-state index in [0.29, 0.717) is 11.3 Å². The van der Waals surface area contributed by atoms with E-state index in [2.05, 4.69) is 32.7 Å². The quantitative estimate of drug-likeness (QED) is 0.843. The lowest BCUT2D eigenvalue weighted by Crippen LogP contribution is -2.46. The number of aliphatic hydroxyl groups is 1. The van der Waals surface area contributed by atoms with Gasteiger partial charge in [0, 0.05) is 12.6 Å². The van der Waals surface area contributed by atoms with Gasteiger partial charge < -0.3 is 10.0 Å². The lowest BCUT2D eigenvalue weighted by Gasteiger charge is -2.43. The minimum absolute atomic E-state index is 0.0747. The fourth-order valence-electron chi connectivity index (χ4n) is 4.37. The topological polar surface area (TPSA) is 23.5 Å². The Morgan fingerprint density at radius 3 is 2.53 bits per heavy atom. The van der Waals surface area contributed by atoms with E-state index in [1.807, 2.05) is 0 Å². The summed E-state index contributed by atoms with van der Waals surface area (Å²) in [5.41, 5.74) is 0.420. The van der Waals surface area contributed by atoms with Crippen LogP contribution in [-0.4, -0.2) is 35.7 Å². The van der Waals surface area contributed by atoms with Gasteiger partial charge in [0.1, 0.15) is 0 Å². The molecule has 0 aromatic carbocycles. The second-order valence-electron chi connectivity index (χ2n) is 8.00. The predicted octanol–water partition coefficient (Wildman–Crippen LogP) is 3.68. The van der Waals surface area contributed by atoms with Gasteiger partial charge in [0.2, 0.25) is 0 Å². The van der Waals surface area contributed by atoms with Crippen molar-refractivity contribution in [2.75, 3.05) is 13.6 Å². The molecule has 19 heavy (non-hydrogen) atoms. The van der Waals surface area contributed by atoms with Gasteiger partial charge in [-0.15, -0.1) is 0 Å². The maximum absolute atomic E-state index is 10.3. The maximum Gasteiger partial charge on any atom is 0.0581 e. The molecule has 4 atom stereocenters. The van der Waals surface area contributed by atoms with Gasteiger partial charge in [-0.1, -0.05) is 33.6 Å². The van der Waals surface area contributed by atoms with Gasteiger partial charge in [0.15, 0.2) is 0 Å². The minimum atomic E-state index is -0.0747. The molecule has 4 unspecified atom stereocenters. The molecule has 0 bridgehead atoms. The summed E-state index contributed by atoms with van der Waals surface area (Å²) in [6, 6.07) is 0.742. The fourth-order valence-corrected chi connectivity index (χ4v) is 4.37. The molecule has 0 amide bonds. The standard InChI is InChI=1S/C17H33NO/c1-13-7-5-6-8-15(13)18(4)12-14-11-17(2,3)10-9-16(14)19/h13-16,19H,5-12H2,1-4H3. The van der Waals surface area contributed by atoms with Crippen LogP contribution in [-0.2, 0) is 0 Å². The zero-order chi connectivity index (χ0) is 14.0. The van der Waals surface area contributed by atoms with E-state index < -0.39 is 0 Å². The lowest BCUT2D eigenvalue weighted by atomic mass is 9.70. The molecule has 2 fully saturated rings. The summed E-state index contributed by atoms with van der Waals surface area (Å²) in [6.45, 7) is 8.20. The van der Waals surface area contributed by atoms with Crippen LogP contribution in [0, 0.1) is 17.3 Å². The maximum atomic E-state index is 10.3.